The Labute approximate surface area is 161 Å². The summed E-state index contributed by atoms with van der Waals surface area (Å²) in [6.07, 6.45) is 4.52. The average molecular weight is 399 g/mol. The molecule has 0 fully saturated rings. The lowest BCUT2D eigenvalue weighted by atomic mass is 10.1. The SMILES string of the molecule is COc1ccc2c(c1)c(/C=C1/Oc3cc(OS(C)(=O)=O)ccc3C1=O)cn2C. The third-order valence-corrected chi connectivity index (χ3v) is 4.90. The van der Waals surface area contributed by atoms with Gasteiger partial charge in [0.15, 0.2) is 5.76 Å². The van der Waals surface area contributed by atoms with Crippen LogP contribution in [0.5, 0.6) is 17.2 Å². The number of aryl methyl sites for hydroxylation is 1. The summed E-state index contributed by atoms with van der Waals surface area (Å²) in [6, 6.07) is 10.0. The number of methoxy groups -OCH3 is 1. The van der Waals surface area contributed by atoms with E-state index < -0.39 is 10.1 Å². The standard InChI is InChI=1S/C20H17NO6S/c1-21-11-12(16-9-13(25-2)5-7-17(16)21)8-19-20(22)15-6-4-14(10-18(15)26-19)27-28(3,23)24/h4-11H,1-3H3/b19-8+. The van der Waals surface area contributed by atoms with Crippen molar-refractivity contribution in [3.63, 3.8) is 0 Å². The largest absolute Gasteiger partial charge is 0.497 e. The molecule has 1 aliphatic rings. The topological polar surface area (TPSA) is 83.8 Å². The highest BCUT2D eigenvalue weighted by Gasteiger charge is 2.28. The number of fused-ring (bicyclic) bond motifs is 2. The molecule has 0 saturated heterocycles. The van der Waals surface area contributed by atoms with Crippen molar-refractivity contribution >= 4 is 32.9 Å². The average Bonchev–Trinajstić information content (AvgIpc) is 3.10. The molecule has 1 aromatic heterocycles. The van der Waals surface area contributed by atoms with Crippen LogP contribution < -0.4 is 13.7 Å². The van der Waals surface area contributed by atoms with Gasteiger partial charge in [0.1, 0.15) is 17.2 Å². The first-order chi connectivity index (χ1) is 13.2. The Kier molecular flexibility index (Phi) is 4.15. The molecule has 3 aromatic rings. The lowest BCUT2D eigenvalue weighted by Gasteiger charge is -2.04. The number of rotatable bonds is 4. The van der Waals surface area contributed by atoms with Crippen LogP contribution in [0.25, 0.3) is 17.0 Å². The number of carbonyl (C=O) groups is 1. The third kappa shape index (κ3) is 3.22. The monoisotopic (exact) mass is 399 g/mol. The molecular formula is C20H17NO6S. The molecule has 0 bridgehead atoms. The number of hydrogen-bond donors (Lipinski definition) is 0. The zero-order valence-electron chi connectivity index (χ0n) is 15.4. The maximum absolute atomic E-state index is 12.7. The van der Waals surface area contributed by atoms with E-state index in [9.17, 15) is 13.2 Å². The number of Topliss-reactive ketones (excluding diaryl/α,β-unsaturated/α-hetero) is 1. The molecule has 0 amide bonds. The number of nitrogens with zero attached hydrogens (tertiary/aromatic N) is 1. The summed E-state index contributed by atoms with van der Waals surface area (Å²) in [4.78, 5) is 12.7. The van der Waals surface area contributed by atoms with E-state index in [1.165, 1.54) is 18.2 Å². The number of ketones is 1. The van der Waals surface area contributed by atoms with Crippen LogP contribution in [0.2, 0.25) is 0 Å². The van der Waals surface area contributed by atoms with Crippen molar-refractivity contribution in [1.29, 1.82) is 0 Å². The molecule has 1 aliphatic heterocycles. The fourth-order valence-corrected chi connectivity index (χ4v) is 3.63. The van der Waals surface area contributed by atoms with Crippen molar-refractivity contribution in [1.82, 2.24) is 4.57 Å². The molecule has 2 heterocycles. The molecule has 0 atom stereocenters. The highest BCUT2D eigenvalue weighted by atomic mass is 32.2. The first-order valence-corrected chi connectivity index (χ1v) is 10.2. The van der Waals surface area contributed by atoms with Crippen LogP contribution in [0.4, 0.5) is 0 Å². The maximum Gasteiger partial charge on any atom is 0.306 e. The minimum absolute atomic E-state index is 0.0881. The van der Waals surface area contributed by atoms with E-state index >= 15 is 0 Å². The van der Waals surface area contributed by atoms with Crippen LogP contribution in [0.15, 0.2) is 48.4 Å². The van der Waals surface area contributed by atoms with Crippen molar-refractivity contribution in [2.45, 2.75) is 0 Å². The number of hydrogen-bond acceptors (Lipinski definition) is 6. The zero-order valence-corrected chi connectivity index (χ0v) is 16.2. The van der Waals surface area contributed by atoms with Crippen molar-refractivity contribution in [2.24, 2.45) is 7.05 Å². The molecule has 0 aliphatic carbocycles. The summed E-state index contributed by atoms with van der Waals surface area (Å²) in [5.41, 5.74) is 2.14. The maximum atomic E-state index is 12.7. The summed E-state index contributed by atoms with van der Waals surface area (Å²) in [7, 11) is -0.158. The Bertz CT molecular complexity index is 1250. The number of carbonyl (C=O) groups excluding carboxylic acids is 1. The summed E-state index contributed by atoms with van der Waals surface area (Å²) >= 11 is 0. The van der Waals surface area contributed by atoms with Gasteiger partial charge in [0.05, 0.1) is 18.9 Å². The molecule has 8 heteroatoms. The van der Waals surface area contributed by atoms with Gasteiger partial charge in [-0.25, -0.2) is 0 Å². The number of ether oxygens (including phenoxy) is 2. The predicted molar refractivity (Wildman–Crippen MR) is 104 cm³/mol. The second-order valence-corrected chi connectivity index (χ2v) is 8.04. The second kappa shape index (κ2) is 6.42. The quantitative estimate of drug-likeness (QED) is 0.495. The molecule has 2 aromatic carbocycles. The molecule has 0 N–H and O–H groups in total. The molecule has 4 rings (SSSR count). The first kappa shape index (κ1) is 18.1. The third-order valence-electron chi connectivity index (χ3n) is 4.40. The van der Waals surface area contributed by atoms with Crippen molar-refractivity contribution in [3.05, 3.63) is 59.5 Å². The highest BCUT2D eigenvalue weighted by Crippen LogP contribution is 2.36. The van der Waals surface area contributed by atoms with E-state index in [0.717, 1.165) is 22.7 Å². The van der Waals surface area contributed by atoms with E-state index in [1.54, 1.807) is 13.2 Å². The molecule has 7 nitrogen and oxygen atoms in total. The molecule has 28 heavy (non-hydrogen) atoms. The summed E-state index contributed by atoms with van der Waals surface area (Å²) in [5.74, 6) is 0.936. The van der Waals surface area contributed by atoms with Crippen LogP contribution in [-0.4, -0.2) is 32.1 Å². The van der Waals surface area contributed by atoms with Gasteiger partial charge in [0, 0.05) is 35.8 Å². The Morgan fingerprint density at radius 3 is 2.57 bits per heavy atom. The van der Waals surface area contributed by atoms with Gasteiger partial charge in [0.25, 0.3) is 0 Å². The van der Waals surface area contributed by atoms with Gasteiger partial charge in [-0.1, -0.05) is 0 Å². The Balaban J connectivity index is 1.73. The molecule has 144 valence electrons. The van der Waals surface area contributed by atoms with E-state index in [2.05, 4.69) is 0 Å². The zero-order chi connectivity index (χ0) is 20.1. The Morgan fingerprint density at radius 2 is 1.86 bits per heavy atom. The molecule has 0 saturated carbocycles. The Morgan fingerprint density at radius 1 is 1.11 bits per heavy atom. The van der Waals surface area contributed by atoms with Gasteiger partial charge in [-0.15, -0.1) is 0 Å². The minimum atomic E-state index is -3.67. The van der Waals surface area contributed by atoms with Crippen molar-refractivity contribution in [3.8, 4) is 17.2 Å². The van der Waals surface area contributed by atoms with Gasteiger partial charge in [-0.2, -0.15) is 8.42 Å². The van der Waals surface area contributed by atoms with E-state index in [-0.39, 0.29) is 23.0 Å². The number of aromatic nitrogens is 1. The molecular weight excluding hydrogens is 382 g/mol. The van der Waals surface area contributed by atoms with E-state index in [0.29, 0.717) is 11.3 Å². The number of benzene rings is 2. The van der Waals surface area contributed by atoms with Crippen molar-refractivity contribution < 1.29 is 26.9 Å². The second-order valence-electron chi connectivity index (χ2n) is 6.46. The number of allylic oxidation sites excluding steroid dienone is 1. The van der Waals surface area contributed by atoms with Crippen LogP contribution in [0.3, 0.4) is 0 Å². The van der Waals surface area contributed by atoms with E-state index in [4.69, 9.17) is 13.7 Å². The van der Waals surface area contributed by atoms with Gasteiger partial charge < -0.3 is 18.2 Å². The highest BCUT2D eigenvalue weighted by molar-refractivity contribution is 7.86. The van der Waals surface area contributed by atoms with Gasteiger partial charge >= 0.3 is 10.1 Å². The predicted octanol–water partition coefficient (Wildman–Crippen LogP) is 3.14. The molecule has 0 spiro atoms. The lowest BCUT2D eigenvalue weighted by Crippen LogP contribution is -2.05. The van der Waals surface area contributed by atoms with Crippen molar-refractivity contribution in [2.75, 3.05) is 13.4 Å². The fourth-order valence-electron chi connectivity index (χ4n) is 3.18. The van der Waals surface area contributed by atoms with Crippen LogP contribution in [0, 0.1) is 0 Å². The molecule has 0 radical (unpaired) electrons. The normalized spacial score (nSPS) is 15.0. The van der Waals surface area contributed by atoms with Gasteiger partial charge in [-0.3, -0.25) is 4.79 Å². The van der Waals surface area contributed by atoms with Gasteiger partial charge in [0.2, 0.25) is 5.78 Å². The lowest BCUT2D eigenvalue weighted by molar-refractivity contribution is 0.101. The molecule has 0 unspecified atom stereocenters. The van der Waals surface area contributed by atoms with Crippen LogP contribution in [0.1, 0.15) is 15.9 Å². The summed E-state index contributed by atoms with van der Waals surface area (Å²) < 4.78 is 40.4. The van der Waals surface area contributed by atoms with Gasteiger partial charge in [-0.05, 0) is 36.4 Å². The first-order valence-electron chi connectivity index (χ1n) is 8.36. The van der Waals surface area contributed by atoms with Crippen LogP contribution in [-0.2, 0) is 17.2 Å². The fraction of sp³-hybridized carbons (Fsp3) is 0.150. The van der Waals surface area contributed by atoms with E-state index in [1.807, 2.05) is 36.0 Å². The summed E-state index contributed by atoms with van der Waals surface area (Å²) in [5, 5.41) is 0.919. The smallest absolute Gasteiger partial charge is 0.306 e. The Hall–Kier alpha value is -3.26. The minimum Gasteiger partial charge on any atom is -0.497 e. The summed E-state index contributed by atoms with van der Waals surface area (Å²) in [6.45, 7) is 0. The van der Waals surface area contributed by atoms with Crippen LogP contribution >= 0.6 is 0 Å².